The Morgan fingerprint density at radius 2 is 1.87 bits per heavy atom. The van der Waals surface area contributed by atoms with E-state index in [0.717, 1.165) is 17.0 Å². The molecule has 2 aromatic rings. The minimum absolute atomic E-state index is 0.124. The molecule has 0 spiro atoms. The van der Waals surface area contributed by atoms with Crippen molar-refractivity contribution < 1.29 is 33.0 Å². The summed E-state index contributed by atoms with van der Waals surface area (Å²) in [6.07, 6.45) is 1.33. The van der Waals surface area contributed by atoms with Crippen molar-refractivity contribution in [3.63, 3.8) is 0 Å². The second kappa shape index (κ2) is 9.03. The fourth-order valence-corrected chi connectivity index (χ4v) is 3.26. The van der Waals surface area contributed by atoms with Crippen LogP contribution in [0.4, 0.5) is 14.9 Å². The highest BCUT2D eigenvalue weighted by Crippen LogP contribution is 2.25. The number of urea groups is 1. The number of hydrogen-bond acceptors (Lipinski definition) is 6. The molecule has 0 saturated carbocycles. The summed E-state index contributed by atoms with van der Waals surface area (Å²) >= 11 is 1.98. The number of rotatable bonds is 5. The topological polar surface area (TPSA) is 102 Å². The zero-order valence-electron chi connectivity index (χ0n) is 15.5. The van der Waals surface area contributed by atoms with Crippen LogP contribution in [0, 0.1) is 9.39 Å². The summed E-state index contributed by atoms with van der Waals surface area (Å²) in [4.78, 5) is 49.1. The molecule has 1 aliphatic heterocycles. The number of hydrogen-bond donors (Lipinski definition) is 1. The van der Waals surface area contributed by atoms with Gasteiger partial charge in [-0.1, -0.05) is 6.07 Å². The maximum absolute atomic E-state index is 13.2. The number of methoxy groups -OCH3 is 1. The monoisotopic (exact) mass is 524 g/mol. The van der Waals surface area contributed by atoms with E-state index in [1.807, 2.05) is 22.6 Å². The molecule has 0 radical (unpaired) electrons. The summed E-state index contributed by atoms with van der Waals surface area (Å²) in [5.41, 5.74) is 0.355. The lowest BCUT2D eigenvalue weighted by Crippen LogP contribution is -2.54. The summed E-state index contributed by atoms with van der Waals surface area (Å²) in [5, 5.41) is 2.10. The van der Waals surface area contributed by atoms with Gasteiger partial charge in [-0.15, -0.1) is 0 Å². The zero-order valence-corrected chi connectivity index (χ0v) is 17.6. The molecule has 154 valence electrons. The lowest BCUT2D eigenvalue weighted by molar-refractivity contribution is -0.143. The van der Waals surface area contributed by atoms with Crippen molar-refractivity contribution >= 4 is 58.2 Å². The van der Waals surface area contributed by atoms with Crippen LogP contribution in [0.15, 0.2) is 48.0 Å². The highest BCUT2D eigenvalue weighted by atomic mass is 127. The molecule has 30 heavy (non-hydrogen) atoms. The predicted octanol–water partition coefficient (Wildman–Crippen LogP) is 2.65. The van der Waals surface area contributed by atoms with Crippen LogP contribution in [-0.4, -0.2) is 37.5 Å². The molecule has 0 unspecified atom stereocenters. The van der Waals surface area contributed by atoms with Crippen LogP contribution in [0.2, 0.25) is 0 Å². The molecule has 1 aliphatic rings. The first-order chi connectivity index (χ1) is 14.3. The molecule has 0 aliphatic carbocycles. The minimum atomic E-state index is -0.921. The van der Waals surface area contributed by atoms with Gasteiger partial charge >= 0.3 is 12.0 Å². The Morgan fingerprint density at radius 1 is 1.17 bits per heavy atom. The molecule has 1 fully saturated rings. The second-order valence-electron chi connectivity index (χ2n) is 5.99. The summed E-state index contributed by atoms with van der Waals surface area (Å²) in [7, 11) is 1.25. The molecule has 4 amide bonds. The maximum Gasteiger partial charge on any atom is 0.343 e. The Hall–Kier alpha value is -3.28. The first kappa shape index (κ1) is 21.4. The number of barbiturate groups is 1. The van der Waals surface area contributed by atoms with E-state index >= 15 is 0 Å². The van der Waals surface area contributed by atoms with Gasteiger partial charge in [0.05, 0.1) is 16.4 Å². The largest absolute Gasteiger partial charge is 0.481 e. The normalized spacial score (nSPS) is 15.2. The van der Waals surface area contributed by atoms with Crippen LogP contribution in [0.5, 0.6) is 5.75 Å². The van der Waals surface area contributed by atoms with Crippen molar-refractivity contribution in [2.45, 2.75) is 0 Å². The van der Waals surface area contributed by atoms with E-state index in [9.17, 15) is 23.6 Å². The van der Waals surface area contributed by atoms with Crippen molar-refractivity contribution in [3.8, 4) is 5.75 Å². The highest BCUT2D eigenvalue weighted by Gasteiger charge is 2.36. The van der Waals surface area contributed by atoms with Crippen LogP contribution in [-0.2, 0) is 19.1 Å². The molecule has 0 atom stereocenters. The summed E-state index contributed by atoms with van der Waals surface area (Å²) in [5.74, 6) is -2.32. The Morgan fingerprint density at radius 3 is 2.50 bits per heavy atom. The van der Waals surface area contributed by atoms with Gasteiger partial charge in [-0.3, -0.25) is 14.9 Å². The van der Waals surface area contributed by atoms with Crippen molar-refractivity contribution in [2.24, 2.45) is 0 Å². The third kappa shape index (κ3) is 4.64. The van der Waals surface area contributed by atoms with Crippen LogP contribution >= 0.6 is 22.6 Å². The van der Waals surface area contributed by atoms with Crippen molar-refractivity contribution in [3.05, 3.63) is 63.0 Å². The van der Waals surface area contributed by atoms with Gasteiger partial charge in [0.1, 0.15) is 17.1 Å². The number of nitrogens with one attached hydrogen (secondary N) is 1. The Balaban J connectivity index is 1.88. The SMILES string of the molecule is COC(=O)COc1ccc(/C=C2\C(=O)NC(=O)N(c3ccc(F)cc3)C2=O)cc1I. The van der Waals surface area contributed by atoms with Crippen LogP contribution in [0.3, 0.4) is 0 Å². The molecule has 3 rings (SSSR count). The minimum Gasteiger partial charge on any atom is -0.481 e. The van der Waals surface area contributed by atoms with E-state index in [1.165, 1.54) is 25.3 Å². The quantitative estimate of drug-likeness (QED) is 0.280. The first-order valence-corrected chi connectivity index (χ1v) is 9.54. The number of amides is 4. The van der Waals surface area contributed by atoms with Gasteiger partial charge < -0.3 is 9.47 Å². The van der Waals surface area contributed by atoms with Crippen LogP contribution in [0.1, 0.15) is 5.56 Å². The molecule has 0 bridgehead atoms. The summed E-state index contributed by atoms with van der Waals surface area (Å²) < 4.78 is 23.6. The van der Waals surface area contributed by atoms with Gasteiger partial charge in [-0.25, -0.2) is 18.9 Å². The van der Waals surface area contributed by atoms with Crippen molar-refractivity contribution in [1.82, 2.24) is 5.32 Å². The average molecular weight is 524 g/mol. The number of carbonyl (C=O) groups excluding carboxylic acids is 4. The fraction of sp³-hybridized carbons (Fsp3) is 0.100. The molecular formula is C20H14FIN2O6. The number of esters is 1. The van der Waals surface area contributed by atoms with E-state index in [2.05, 4.69) is 10.1 Å². The number of nitrogens with zero attached hydrogens (tertiary/aromatic N) is 1. The molecule has 2 aromatic carbocycles. The van der Waals surface area contributed by atoms with Crippen LogP contribution in [0.25, 0.3) is 6.08 Å². The molecule has 1 heterocycles. The first-order valence-electron chi connectivity index (χ1n) is 8.46. The fourth-order valence-electron chi connectivity index (χ4n) is 2.57. The van der Waals surface area contributed by atoms with Crippen molar-refractivity contribution in [1.29, 1.82) is 0 Å². The van der Waals surface area contributed by atoms with Crippen molar-refractivity contribution in [2.75, 3.05) is 18.6 Å². The third-order valence-electron chi connectivity index (χ3n) is 4.03. The lowest BCUT2D eigenvalue weighted by atomic mass is 10.1. The van der Waals surface area contributed by atoms with Gasteiger partial charge in [0.25, 0.3) is 11.8 Å². The third-order valence-corrected chi connectivity index (χ3v) is 4.87. The van der Waals surface area contributed by atoms with Gasteiger partial charge in [0.15, 0.2) is 6.61 Å². The Kier molecular flexibility index (Phi) is 6.45. The molecule has 10 heteroatoms. The number of benzene rings is 2. The second-order valence-corrected chi connectivity index (χ2v) is 7.15. The van der Waals surface area contributed by atoms with Gasteiger partial charge in [0, 0.05) is 0 Å². The summed E-state index contributed by atoms with van der Waals surface area (Å²) in [6.45, 7) is -0.261. The van der Waals surface area contributed by atoms with E-state index in [0.29, 0.717) is 14.9 Å². The maximum atomic E-state index is 13.2. The average Bonchev–Trinajstić information content (AvgIpc) is 2.71. The van der Waals surface area contributed by atoms with Gasteiger partial charge in [-0.2, -0.15) is 0 Å². The number of carbonyl (C=O) groups is 4. The molecule has 1 N–H and O–H groups in total. The van der Waals surface area contributed by atoms with E-state index in [-0.39, 0.29) is 17.9 Å². The number of imide groups is 2. The summed E-state index contributed by atoms with van der Waals surface area (Å²) in [6, 6.07) is 8.60. The highest BCUT2D eigenvalue weighted by molar-refractivity contribution is 14.1. The molecular weight excluding hydrogens is 510 g/mol. The standard InChI is InChI=1S/C20H14FIN2O6/c1-29-17(25)10-30-16-7-2-11(9-15(16)22)8-14-18(26)23-20(28)24(19(14)27)13-5-3-12(21)4-6-13/h2-9H,10H2,1H3,(H,23,26,28)/b14-8+. The molecule has 1 saturated heterocycles. The van der Waals surface area contributed by atoms with E-state index < -0.39 is 29.6 Å². The number of ether oxygens (including phenoxy) is 2. The van der Waals surface area contributed by atoms with E-state index in [1.54, 1.807) is 18.2 Å². The zero-order chi connectivity index (χ0) is 21.8. The Labute approximate surface area is 183 Å². The van der Waals surface area contributed by atoms with Gasteiger partial charge in [-0.05, 0) is 70.6 Å². The molecule has 8 nitrogen and oxygen atoms in total. The molecule has 0 aromatic heterocycles. The lowest BCUT2D eigenvalue weighted by Gasteiger charge is -2.26. The predicted molar refractivity (Wildman–Crippen MR) is 112 cm³/mol. The number of halogens is 2. The number of anilines is 1. The van der Waals surface area contributed by atoms with Gasteiger partial charge in [0.2, 0.25) is 0 Å². The smallest absolute Gasteiger partial charge is 0.343 e. The van der Waals surface area contributed by atoms with E-state index in [4.69, 9.17) is 4.74 Å². The van der Waals surface area contributed by atoms with Crippen LogP contribution < -0.4 is 15.0 Å². The Bertz CT molecular complexity index is 1070.